The van der Waals surface area contributed by atoms with E-state index in [9.17, 15) is 0 Å². The van der Waals surface area contributed by atoms with E-state index in [1.54, 1.807) is 12.1 Å². The predicted molar refractivity (Wildman–Crippen MR) is 87.6 cm³/mol. The average molecular weight is 300 g/mol. The molecule has 0 saturated carbocycles. The van der Waals surface area contributed by atoms with Crippen LogP contribution in [0, 0.1) is 29.6 Å². The van der Waals surface area contributed by atoms with Gasteiger partial charge >= 0.3 is 0 Å². The third-order valence-corrected chi connectivity index (χ3v) is 3.37. The highest BCUT2D eigenvalue weighted by Gasteiger charge is 2.06. The Morgan fingerprint density at radius 2 is 1.91 bits per heavy atom. The highest BCUT2D eigenvalue weighted by Crippen LogP contribution is 2.22. The maximum atomic E-state index is 8.63. The molecule has 0 aliphatic heterocycles. The summed E-state index contributed by atoms with van der Waals surface area (Å²) in [4.78, 5) is 4.64. The van der Waals surface area contributed by atoms with Crippen LogP contribution in [0.15, 0.2) is 53.9 Å². The predicted octanol–water partition coefficient (Wildman–Crippen LogP) is 3.12. The fraction of sp³-hybridized carbons (Fsp3) is 0.0588. The third kappa shape index (κ3) is 2.87. The minimum Gasteiger partial charge on any atom is -0.306 e. The summed E-state index contributed by atoms with van der Waals surface area (Å²) >= 11 is 0. The number of aromatic nitrogens is 2. The molecule has 0 bridgehead atoms. The van der Waals surface area contributed by atoms with Crippen molar-refractivity contribution in [3.63, 3.8) is 0 Å². The number of hydrogen-bond donors (Lipinski definition) is 1. The van der Waals surface area contributed by atoms with Crippen molar-refractivity contribution in [2.24, 2.45) is 5.10 Å². The van der Waals surface area contributed by atoms with Crippen molar-refractivity contribution in [1.82, 2.24) is 9.38 Å². The van der Waals surface area contributed by atoms with Gasteiger partial charge in [-0.3, -0.25) is 5.43 Å². The van der Waals surface area contributed by atoms with Crippen molar-refractivity contribution in [1.29, 1.82) is 10.5 Å². The normalized spacial score (nSPS) is 9.87. The molecule has 2 aromatic heterocycles. The summed E-state index contributed by atoms with van der Waals surface area (Å²) in [5.41, 5.74) is 7.06. The number of hydrazone groups is 1. The molecule has 0 unspecified atom stereocenters. The number of pyridine rings is 1. The highest BCUT2D eigenvalue weighted by molar-refractivity contribution is 6.10. The molecule has 110 valence electrons. The SMILES string of the molecule is Cc1cccn2cc(-c3ccc(NN=C(C#N)C#N)cc3)nc12. The van der Waals surface area contributed by atoms with Gasteiger partial charge < -0.3 is 4.40 Å². The first-order valence-electron chi connectivity index (χ1n) is 6.90. The van der Waals surface area contributed by atoms with Crippen LogP contribution >= 0.6 is 0 Å². The summed E-state index contributed by atoms with van der Waals surface area (Å²) in [5, 5.41) is 21.0. The second kappa shape index (κ2) is 6.00. The molecule has 3 rings (SSSR count). The van der Waals surface area contributed by atoms with E-state index in [1.165, 1.54) is 0 Å². The van der Waals surface area contributed by atoms with Crippen LogP contribution < -0.4 is 5.43 Å². The van der Waals surface area contributed by atoms with Crippen LogP contribution in [0.5, 0.6) is 0 Å². The highest BCUT2D eigenvalue weighted by atomic mass is 15.3. The quantitative estimate of drug-likeness (QED) is 0.594. The van der Waals surface area contributed by atoms with Crippen LogP contribution in [0.2, 0.25) is 0 Å². The second-order valence-corrected chi connectivity index (χ2v) is 4.92. The van der Waals surface area contributed by atoms with Gasteiger partial charge in [0.2, 0.25) is 5.71 Å². The summed E-state index contributed by atoms with van der Waals surface area (Å²) in [5.74, 6) is 0. The first-order valence-corrected chi connectivity index (χ1v) is 6.90. The lowest BCUT2D eigenvalue weighted by atomic mass is 10.1. The summed E-state index contributed by atoms with van der Waals surface area (Å²) in [6.45, 7) is 2.03. The first-order chi connectivity index (χ1) is 11.2. The lowest BCUT2D eigenvalue weighted by Crippen LogP contribution is -1.96. The summed E-state index contributed by atoms with van der Waals surface area (Å²) < 4.78 is 1.99. The molecule has 1 N–H and O–H groups in total. The first kappa shape index (κ1) is 14.3. The fourth-order valence-corrected chi connectivity index (χ4v) is 2.20. The molecule has 0 saturated heterocycles. The molecule has 6 nitrogen and oxygen atoms in total. The smallest absolute Gasteiger partial charge is 0.237 e. The Hall–Kier alpha value is -3.64. The number of nitrogens with zero attached hydrogens (tertiary/aromatic N) is 5. The molecule has 0 atom stereocenters. The molecule has 0 aliphatic carbocycles. The maximum absolute atomic E-state index is 8.63. The van der Waals surface area contributed by atoms with E-state index in [4.69, 9.17) is 10.5 Å². The van der Waals surface area contributed by atoms with Gasteiger partial charge in [0.1, 0.15) is 17.8 Å². The van der Waals surface area contributed by atoms with E-state index in [2.05, 4.69) is 15.5 Å². The van der Waals surface area contributed by atoms with Gasteiger partial charge in [-0.1, -0.05) is 18.2 Å². The Labute approximate surface area is 132 Å². The molecule has 0 aliphatic rings. The van der Waals surface area contributed by atoms with Gasteiger partial charge in [0.05, 0.1) is 11.4 Å². The molecular formula is C17H12N6. The zero-order chi connectivity index (χ0) is 16.2. The van der Waals surface area contributed by atoms with Gasteiger partial charge in [-0.25, -0.2) is 4.98 Å². The Kier molecular flexibility index (Phi) is 3.73. The molecule has 6 heteroatoms. The molecule has 0 fully saturated rings. The number of benzene rings is 1. The number of nitriles is 2. The Bertz CT molecular complexity index is 951. The van der Waals surface area contributed by atoms with E-state index in [0.29, 0.717) is 5.69 Å². The minimum absolute atomic E-state index is 0.218. The maximum Gasteiger partial charge on any atom is 0.237 e. The van der Waals surface area contributed by atoms with E-state index in [0.717, 1.165) is 22.5 Å². The van der Waals surface area contributed by atoms with E-state index < -0.39 is 0 Å². The van der Waals surface area contributed by atoms with Gasteiger partial charge in [-0.2, -0.15) is 15.6 Å². The molecule has 0 amide bonds. The molecule has 23 heavy (non-hydrogen) atoms. The van der Waals surface area contributed by atoms with E-state index in [-0.39, 0.29) is 5.71 Å². The van der Waals surface area contributed by atoms with E-state index >= 15 is 0 Å². The minimum atomic E-state index is -0.218. The van der Waals surface area contributed by atoms with E-state index in [1.807, 2.05) is 60.1 Å². The van der Waals surface area contributed by atoms with Gasteiger partial charge in [-0.15, -0.1) is 0 Å². The molecule has 3 aromatic rings. The standard InChI is InChI=1S/C17H12N6/c1-12-3-2-8-23-11-16(20-17(12)23)13-4-6-14(7-5-13)21-22-15(9-18)10-19/h2-8,11,21H,1H3. The lowest BCUT2D eigenvalue weighted by Gasteiger charge is -2.01. The largest absolute Gasteiger partial charge is 0.306 e. The summed E-state index contributed by atoms with van der Waals surface area (Å²) in [6.07, 6.45) is 3.95. The topological polar surface area (TPSA) is 89.3 Å². The number of anilines is 1. The van der Waals surface area contributed by atoms with Crippen molar-refractivity contribution in [3.05, 3.63) is 54.4 Å². The Morgan fingerprint density at radius 3 is 2.57 bits per heavy atom. The fourth-order valence-electron chi connectivity index (χ4n) is 2.20. The third-order valence-electron chi connectivity index (χ3n) is 3.37. The monoisotopic (exact) mass is 300 g/mol. The van der Waals surface area contributed by atoms with Crippen molar-refractivity contribution < 1.29 is 0 Å². The molecule has 0 radical (unpaired) electrons. The Balaban J connectivity index is 1.87. The molecular weight excluding hydrogens is 288 g/mol. The van der Waals surface area contributed by atoms with Crippen LogP contribution in [-0.4, -0.2) is 15.1 Å². The van der Waals surface area contributed by atoms with Crippen molar-refractivity contribution in [2.45, 2.75) is 6.92 Å². The summed E-state index contributed by atoms with van der Waals surface area (Å²) in [6, 6.07) is 14.9. The number of imidazole rings is 1. The number of hydrogen-bond acceptors (Lipinski definition) is 5. The zero-order valence-electron chi connectivity index (χ0n) is 12.4. The van der Waals surface area contributed by atoms with Crippen LogP contribution in [0.1, 0.15) is 5.56 Å². The molecule has 2 heterocycles. The molecule has 1 aromatic carbocycles. The lowest BCUT2D eigenvalue weighted by molar-refractivity contribution is 1.16. The zero-order valence-corrected chi connectivity index (χ0v) is 12.4. The van der Waals surface area contributed by atoms with Crippen LogP contribution in [0.3, 0.4) is 0 Å². The number of rotatable bonds is 3. The van der Waals surface area contributed by atoms with Crippen LogP contribution in [-0.2, 0) is 0 Å². The van der Waals surface area contributed by atoms with Crippen molar-refractivity contribution in [3.8, 4) is 23.4 Å². The van der Waals surface area contributed by atoms with Gasteiger partial charge in [0.25, 0.3) is 0 Å². The van der Waals surface area contributed by atoms with Gasteiger partial charge in [0, 0.05) is 18.0 Å². The summed E-state index contributed by atoms with van der Waals surface area (Å²) in [7, 11) is 0. The number of aryl methyl sites for hydroxylation is 1. The van der Waals surface area contributed by atoms with Crippen LogP contribution in [0.25, 0.3) is 16.9 Å². The average Bonchev–Trinajstić information content (AvgIpc) is 3.02. The number of fused-ring (bicyclic) bond motifs is 1. The Morgan fingerprint density at radius 1 is 1.17 bits per heavy atom. The van der Waals surface area contributed by atoms with Crippen molar-refractivity contribution >= 4 is 17.0 Å². The van der Waals surface area contributed by atoms with Crippen LogP contribution in [0.4, 0.5) is 5.69 Å². The van der Waals surface area contributed by atoms with Crippen molar-refractivity contribution in [2.75, 3.05) is 5.43 Å². The van der Waals surface area contributed by atoms with Gasteiger partial charge in [-0.05, 0) is 30.7 Å². The van der Waals surface area contributed by atoms with Gasteiger partial charge in [0.15, 0.2) is 0 Å². The second-order valence-electron chi connectivity index (χ2n) is 4.92. The number of nitrogens with one attached hydrogen (secondary N) is 1. The molecule has 0 spiro atoms.